The average molecular weight is 268 g/mol. The molecule has 0 bridgehead atoms. The second kappa shape index (κ2) is 7.49. The van der Waals surface area contributed by atoms with Crippen LogP contribution in [0, 0.1) is 10.1 Å². The molecule has 0 radical (unpaired) electrons. The molecule has 1 heterocycles. The summed E-state index contributed by atoms with van der Waals surface area (Å²) < 4.78 is 0. The summed E-state index contributed by atoms with van der Waals surface area (Å²) in [5.74, 6) is 5.94. The Bertz CT molecular complexity index is 422. The molecule has 106 valence electrons. The van der Waals surface area contributed by atoms with Crippen molar-refractivity contribution in [3.05, 3.63) is 22.2 Å². The Morgan fingerprint density at radius 2 is 2.00 bits per heavy atom. The lowest BCUT2D eigenvalue weighted by Crippen LogP contribution is -2.28. The number of hydrazine groups is 1. The summed E-state index contributed by atoms with van der Waals surface area (Å²) in [6.07, 6.45) is 0. The predicted octanol–water partition coefficient (Wildman–Crippen LogP) is 1.03. The fourth-order valence-electron chi connectivity index (χ4n) is 1.67. The second-order valence-electron chi connectivity index (χ2n) is 3.95. The van der Waals surface area contributed by atoms with Gasteiger partial charge in [0.05, 0.1) is 17.1 Å². The minimum atomic E-state index is -0.474. The Labute approximate surface area is 112 Å². The molecule has 0 spiro atoms. The van der Waals surface area contributed by atoms with E-state index in [2.05, 4.69) is 34.5 Å². The van der Waals surface area contributed by atoms with Crippen molar-refractivity contribution in [2.24, 2.45) is 5.84 Å². The third-order valence-corrected chi connectivity index (χ3v) is 2.80. The van der Waals surface area contributed by atoms with Gasteiger partial charge in [0, 0.05) is 13.1 Å². The number of nitrogens with two attached hydrogens (primary N) is 1. The van der Waals surface area contributed by atoms with Gasteiger partial charge in [0.25, 0.3) is 5.69 Å². The number of aromatic nitrogens is 1. The molecule has 0 saturated heterocycles. The van der Waals surface area contributed by atoms with Crippen molar-refractivity contribution in [1.29, 1.82) is 0 Å². The van der Waals surface area contributed by atoms with Crippen LogP contribution in [0.15, 0.2) is 12.1 Å². The van der Waals surface area contributed by atoms with Crippen LogP contribution in [-0.4, -0.2) is 41.0 Å². The summed E-state index contributed by atoms with van der Waals surface area (Å²) in [6.45, 7) is 7.63. The first kappa shape index (κ1) is 15.1. The predicted molar refractivity (Wildman–Crippen MR) is 75.0 cm³/mol. The van der Waals surface area contributed by atoms with Gasteiger partial charge in [-0.3, -0.25) is 10.1 Å². The summed E-state index contributed by atoms with van der Waals surface area (Å²) in [4.78, 5) is 16.7. The van der Waals surface area contributed by atoms with E-state index in [1.807, 2.05) is 0 Å². The van der Waals surface area contributed by atoms with Gasteiger partial charge >= 0.3 is 0 Å². The van der Waals surface area contributed by atoms with E-state index in [1.165, 1.54) is 12.1 Å². The van der Waals surface area contributed by atoms with E-state index in [-0.39, 0.29) is 11.5 Å². The zero-order valence-electron chi connectivity index (χ0n) is 11.2. The minimum absolute atomic E-state index is 0.0479. The van der Waals surface area contributed by atoms with Crippen LogP contribution in [0.3, 0.4) is 0 Å². The Hall–Kier alpha value is -1.93. The number of hydrogen-bond donors (Lipinski definition) is 3. The maximum absolute atomic E-state index is 10.8. The van der Waals surface area contributed by atoms with Crippen molar-refractivity contribution in [3.8, 4) is 0 Å². The molecule has 0 unspecified atom stereocenters. The molecule has 0 atom stereocenters. The van der Waals surface area contributed by atoms with Crippen LogP contribution in [0.5, 0.6) is 0 Å². The summed E-state index contributed by atoms with van der Waals surface area (Å²) in [5, 5.41) is 13.8. The van der Waals surface area contributed by atoms with Gasteiger partial charge in [-0.15, -0.1) is 0 Å². The van der Waals surface area contributed by atoms with Crippen LogP contribution in [0.2, 0.25) is 0 Å². The topological polar surface area (TPSA) is 109 Å². The van der Waals surface area contributed by atoms with E-state index in [0.717, 1.165) is 19.6 Å². The van der Waals surface area contributed by atoms with E-state index in [4.69, 9.17) is 5.84 Å². The average Bonchev–Trinajstić information content (AvgIpc) is 2.43. The van der Waals surface area contributed by atoms with Crippen molar-refractivity contribution in [2.75, 3.05) is 36.9 Å². The quantitative estimate of drug-likeness (QED) is 0.367. The SMILES string of the molecule is CCN(CC)CCNc1cc([N+](=O)[O-])cc(NN)n1. The molecule has 0 saturated carbocycles. The van der Waals surface area contributed by atoms with Crippen LogP contribution < -0.4 is 16.6 Å². The monoisotopic (exact) mass is 268 g/mol. The zero-order valence-corrected chi connectivity index (χ0v) is 11.2. The number of nitrogens with one attached hydrogen (secondary N) is 2. The molecule has 0 aromatic carbocycles. The van der Waals surface area contributed by atoms with Crippen molar-refractivity contribution >= 4 is 17.3 Å². The lowest BCUT2D eigenvalue weighted by atomic mass is 10.3. The third kappa shape index (κ3) is 4.68. The first-order valence-electron chi connectivity index (χ1n) is 6.20. The smallest absolute Gasteiger partial charge is 0.276 e. The van der Waals surface area contributed by atoms with E-state index < -0.39 is 4.92 Å². The first-order chi connectivity index (χ1) is 9.10. The number of nitro groups is 1. The van der Waals surface area contributed by atoms with Crippen LogP contribution in [0.4, 0.5) is 17.3 Å². The van der Waals surface area contributed by atoms with Gasteiger partial charge in [-0.1, -0.05) is 13.8 Å². The van der Waals surface area contributed by atoms with Crippen molar-refractivity contribution in [3.63, 3.8) is 0 Å². The highest BCUT2D eigenvalue weighted by molar-refractivity contribution is 5.54. The van der Waals surface area contributed by atoms with Crippen LogP contribution in [-0.2, 0) is 0 Å². The standard InChI is InChI=1S/C11H20N6O2/c1-3-16(4-2)6-5-13-10-7-9(17(18)19)8-11(14-10)15-12/h7-8H,3-6,12H2,1-2H3,(H2,13,14,15). The fraction of sp³-hybridized carbons (Fsp3) is 0.545. The fourth-order valence-corrected chi connectivity index (χ4v) is 1.67. The summed E-state index contributed by atoms with van der Waals surface area (Å²) in [6, 6.07) is 2.68. The summed E-state index contributed by atoms with van der Waals surface area (Å²) in [5.41, 5.74) is 2.27. The number of anilines is 2. The summed E-state index contributed by atoms with van der Waals surface area (Å²) >= 11 is 0. The van der Waals surface area contributed by atoms with Crippen LogP contribution in [0.1, 0.15) is 13.8 Å². The summed E-state index contributed by atoms with van der Waals surface area (Å²) in [7, 11) is 0. The molecule has 1 aromatic heterocycles. The highest BCUT2D eigenvalue weighted by atomic mass is 16.6. The molecular formula is C11H20N6O2. The van der Waals surface area contributed by atoms with Gasteiger partial charge < -0.3 is 15.6 Å². The highest BCUT2D eigenvalue weighted by Crippen LogP contribution is 2.19. The first-order valence-corrected chi connectivity index (χ1v) is 6.20. The lowest BCUT2D eigenvalue weighted by molar-refractivity contribution is -0.384. The molecule has 0 amide bonds. The molecular weight excluding hydrogens is 248 g/mol. The van der Waals surface area contributed by atoms with E-state index in [9.17, 15) is 10.1 Å². The number of likely N-dealkylation sites (N-methyl/N-ethyl adjacent to an activating group) is 1. The number of rotatable bonds is 8. The third-order valence-electron chi connectivity index (χ3n) is 2.80. The van der Waals surface area contributed by atoms with E-state index in [1.54, 1.807) is 0 Å². The zero-order chi connectivity index (χ0) is 14.3. The Kier molecular flexibility index (Phi) is 5.97. The van der Waals surface area contributed by atoms with Crippen molar-refractivity contribution < 1.29 is 4.92 Å². The molecule has 8 heteroatoms. The molecule has 1 aromatic rings. The normalized spacial score (nSPS) is 10.5. The van der Waals surface area contributed by atoms with E-state index >= 15 is 0 Å². The van der Waals surface area contributed by atoms with Gasteiger partial charge in [0.1, 0.15) is 11.6 Å². The van der Waals surface area contributed by atoms with E-state index in [0.29, 0.717) is 12.4 Å². The molecule has 8 nitrogen and oxygen atoms in total. The van der Waals surface area contributed by atoms with Gasteiger partial charge in [0.15, 0.2) is 0 Å². The van der Waals surface area contributed by atoms with Gasteiger partial charge in [-0.05, 0) is 13.1 Å². The maximum Gasteiger partial charge on any atom is 0.276 e. The Morgan fingerprint density at radius 3 is 2.53 bits per heavy atom. The second-order valence-corrected chi connectivity index (χ2v) is 3.95. The number of nitrogens with zero attached hydrogens (tertiary/aromatic N) is 3. The van der Waals surface area contributed by atoms with Gasteiger partial charge in [0.2, 0.25) is 0 Å². The molecule has 0 aliphatic carbocycles. The van der Waals surface area contributed by atoms with Crippen molar-refractivity contribution in [2.45, 2.75) is 13.8 Å². The molecule has 0 aliphatic rings. The lowest BCUT2D eigenvalue weighted by Gasteiger charge is -2.18. The highest BCUT2D eigenvalue weighted by Gasteiger charge is 2.10. The number of pyridine rings is 1. The number of hydrogen-bond acceptors (Lipinski definition) is 7. The maximum atomic E-state index is 10.8. The minimum Gasteiger partial charge on any atom is -0.369 e. The van der Waals surface area contributed by atoms with Crippen molar-refractivity contribution in [1.82, 2.24) is 9.88 Å². The van der Waals surface area contributed by atoms with Crippen LogP contribution >= 0.6 is 0 Å². The Morgan fingerprint density at radius 1 is 1.37 bits per heavy atom. The molecule has 19 heavy (non-hydrogen) atoms. The van der Waals surface area contributed by atoms with Crippen LogP contribution in [0.25, 0.3) is 0 Å². The molecule has 0 aliphatic heterocycles. The Balaban J connectivity index is 2.67. The molecule has 1 rings (SSSR count). The molecule has 0 fully saturated rings. The molecule has 4 N–H and O–H groups in total. The number of nitrogen functional groups attached to an aromatic ring is 1. The van der Waals surface area contributed by atoms with Gasteiger partial charge in [-0.25, -0.2) is 10.8 Å². The largest absolute Gasteiger partial charge is 0.369 e. The van der Waals surface area contributed by atoms with Gasteiger partial charge in [-0.2, -0.15) is 0 Å².